The lowest BCUT2D eigenvalue weighted by molar-refractivity contribution is 0.0314. The Morgan fingerprint density at radius 1 is 1.45 bits per heavy atom. The number of hydrogen-bond acceptors (Lipinski definition) is 2. The number of nitrogens with one attached hydrogen (secondary N) is 1. The maximum Gasteiger partial charge on any atom is 0.142 e. The minimum absolute atomic E-state index is 0.0490. The molecule has 2 fully saturated rings. The fraction of sp³-hybridized carbons (Fsp3) is 0.625. The van der Waals surface area contributed by atoms with E-state index in [1.165, 1.54) is 18.9 Å². The monoisotopic (exact) mass is 297 g/mol. The fourth-order valence-electron chi connectivity index (χ4n) is 3.60. The molecule has 4 heteroatoms. The van der Waals surface area contributed by atoms with E-state index in [1.54, 1.807) is 6.07 Å². The molecule has 2 nitrogen and oxygen atoms in total. The van der Waals surface area contributed by atoms with Crippen molar-refractivity contribution in [3.63, 3.8) is 0 Å². The molecule has 1 aromatic carbocycles. The Balaban J connectivity index is 1.88. The van der Waals surface area contributed by atoms with Crippen LogP contribution >= 0.6 is 11.6 Å². The largest absolute Gasteiger partial charge is 0.377 e. The summed E-state index contributed by atoms with van der Waals surface area (Å²) in [4.78, 5) is 0. The highest BCUT2D eigenvalue weighted by Gasteiger charge is 2.50. The summed E-state index contributed by atoms with van der Waals surface area (Å²) in [5, 5.41) is 3.57. The third kappa shape index (κ3) is 2.59. The summed E-state index contributed by atoms with van der Waals surface area (Å²) in [6, 6.07) is 5.09. The topological polar surface area (TPSA) is 21.3 Å². The van der Waals surface area contributed by atoms with Crippen molar-refractivity contribution >= 4 is 11.6 Å². The van der Waals surface area contributed by atoms with Crippen molar-refractivity contribution in [2.24, 2.45) is 11.3 Å². The predicted molar refractivity (Wildman–Crippen MR) is 78.6 cm³/mol. The third-order valence-electron chi connectivity index (χ3n) is 4.65. The Morgan fingerprint density at radius 2 is 2.25 bits per heavy atom. The maximum absolute atomic E-state index is 13.7. The first-order chi connectivity index (χ1) is 9.66. The first kappa shape index (κ1) is 14.3. The van der Waals surface area contributed by atoms with Crippen LogP contribution in [0.4, 0.5) is 4.39 Å². The molecule has 0 bridgehead atoms. The summed E-state index contributed by atoms with van der Waals surface area (Å²) in [6.45, 7) is 1.69. The van der Waals surface area contributed by atoms with Crippen LogP contribution in [0.3, 0.4) is 0 Å². The second-order valence-corrected chi connectivity index (χ2v) is 6.54. The van der Waals surface area contributed by atoms with Crippen LogP contribution < -0.4 is 5.32 Å². The highest BCUT2D eigenvalue weighted by Crippen LogP contribution is 2.49. The predicted octanol–water partition coefficient (Wildman–Crippen LogP) is 3.43. The van der Waals surface area contributed by atoms with E-state index in [1.807, 2.05) is 13.1 Å². The maximum atomic E-state index is 13.7. The molecule has 110 valence electrons. The van der Waals surface area contributed by atoms with E-state index in [0.717, 1.165) is 31.6 Å². The Labute approximate surface area is 124 Å². The van der Waals surface area contributed by atoms with Crippen LogP contribution in [0, 0.1) is 17.2 Å². The summed E-state index contributed by atoms with van der Waals surface area (Å²) >= 11 is 6.14. The number of benzene rings is 1. The van der Waals surface area contributed by atoms with E-state index >= 15 is 0 Å². The molecule has 1 saturated heterocycles. The van der Waals surface area contributed by atoms with Crippen LogP contribution in [0.1, 0.15) is 24.8 Å². The van der Waals surface area contributed by atoms with Gasteiger partial charge >= 0.3 is 0 Å². The van der Waals surface area contributed by atoms with Gasteiger partial charge in [0, 0.05) is 18.6 Å². The van der Waals surface area contributed by atoms with E-state index in [-0.39, 0.29) is 22.4 Å². The zero-order chi connectivity index (χ0) is 14.2. The first-order valence-corrected chi connectivity index (χ1v) is 7.73. The lowest BCUT2D eigenvalue weighted by atomic mass is 9.74. The average Bonchev–Trinajstić information content (AvgIpc) is 3.18. The van der Waals surface area contributed by atoms with Crippen molar-refractivity contribution in [3.05, 3.63) is 34.6 Å². The zero-order valence-electron chi connectivity index (χ0n) is 11.8. The summed E-state index contributed by atoms with van der Waals surface area (Å²) in [6.07, 6.45) is 4.60. The van der Waals surface area contributed by atoms with Crippen molar-refractivity contribution < 1.29 is 9.13 Å². The zero-order valence-corrected chi connectivity index (χ0v) is 12.5. The molecule has 0 amide bonds. The average molecular weight is 298 g/mol. The molecular weight excluding hydrogens is 277 g/mol. The van der Waals surface area contributed by atoms with Gasteiger partial charge in [-0.25, -0.2) is 4.39 Å². The normalized spacial score (nSPS) is 29.9. The highest BCUT2D eigenvalue weighted by molar-refractivity contribution is 6.31. The molecule has 1 saturated carbocycles. The molecule has 1 aliphatic carbocycles. The minimum atomic E-state index is -0.328. The van der Waals surface area contributed by atoms with E-state index in [4.69, 9.17) is 16.3 Å². The Hall–Kier alpha value is -0.640. The number of hydrogen-bond donors (Lipinski definition) is 1. The SMILES string of the molecule is CNCC1(Cc2cccc(F)c2Cl)CCOC1C1CC1. The Bertz CT molecular complexity index is 491. The lowest BCUT2D eigenvalue weighted by Gasteiger charge is -2.34. The second-order valence-electron chi connectivity index (χ2n) is 6.16. The van der Waals surface area contributed by atoms with Crippen LogP contribution in [0.25, 0.3) is 0 Å². The quantitative estimate of drug-likeness (QED) is 0.899. The first-order valence-electron chi connectivity index (χ1n) is 7.35. The van der Waals surface area contributed by atoms with Crippen molar-refractivity contribution in [2.45, 2.75) is 31.8 Å². The molecule has 1 aromatic rings. The van der Waals surface area contributed by atoms with Gasteiger partial charge in [-0.1, -0.05) is 23.7 Å². The van der Waals surface area contributed by atoms with E-state index in [2.05, 4.69) is 5.32 Å². The van der Waals surface area contributed by atoms with Crippen LogP contribution in [0.15, 0.2) is 18.2 Å². The van der Waals surface area contributed by atoms with Crippen LogP contribution in [-0.4, -0.2) is 26.3 Å². The Morgan fingerprint density at radius 3 is 2.95 bits per heavy atom. The van der Waals surface area contributed by atoms with Crippen LogP contribution in [0.2, 0.25) is 5.02 Å². The summed E-state index contributed by atoms with van der Waals surface area (Å²) in [5.41, 5.74) is 0.950. The molecule has 2 atom stereocenters. The molecule has 0 aromatic heterocycles. The third-order valence-corrected chi connectivity index (χ3v) is 5.08. The van der Waals surface area contributed by atoms with E-state index < -0.39 is 0 Å². The summed E-state index contributed by atoms with van der Waals surface area (Å²) < 4.78 is 19.7. The molecule has 1 aliphatic heterocycles. The van der Waals surface area contributed by atoms with Gasteiger partial charge < -0.3 is 10.1 Å². The summed E-state index contributed by atoms with van der Waals surface area (Å²) in [5.74, 6) is 0.351. The number of ether oxygens (including phenoxy) is 1. The van der Waals surface area contributed by atoms with Gasteiger partial charge in [0.1, 0.15) is 5.82 Å². The lowest BCUT2D eigenvalue weighted by Crippen LogP contribution is -2.42. The van der Waals surface area contributed by atoms with Gasteiger partial charge in [0.25, 0.3) is 0 Å². The van der Waals surface area contributed by atoms with Gasteiger partial charge in [0.2, 0.25) is 0 Å². The van der Waals surface area contributed by atoms with Gasteiger partial charge in [-0.2, -0.15) is 0 Å². The molecule has 20 heavy (non-hydrogen) atoms. The van der Waals surface area contributed by atoms with Gasteiger partial charge in [-0.15, -0.1) is 0 Å². The molecular formula is C16H21ClFNO. The second kappa shape index (κ2) is 5.63. The van der Waals surface area contributed by atoms with Gasteiger partial charge in [0.05, 0.1) is 11.1 Å². The van der Waals surface area contributed by atoms with Gasteiger partial charge in [-0.05, 0) is 50.3 Å². The van der Waals surface area contributed by atoms with Crippen molar-refractivity contribution in [3.8, 4) is 0 Å². The van der Waals surface area contributed by atoms with Crippen LogP contribution in [0.5, 0.6) is 0 Å². The van der Waals surface area contributed by atoms with Gasteiger partial charge in [0.15, 0.2) is 0 Å². The molecule has 0 radical (unpaired) electrons. The van der Waals surface area contributed by atoms with E-state index in [9.17, 15) is 4.39 Å². The van der Waals surface area contributed by atoms with Crippen LogP contribution in [-0.2, 0) is 11.2 Å². The fourth-order valence-corrected chi connectivity index (χ4v) is 3.79. The summed E-state index contributed by atoms with van der Waals surface area (Å²) in [7, 11) is 1.97. The number of rotatable bonds is 5. The highest BCUT2D eigenvalue weighted by atomic mass is 35.5. The molecule has 1 heterocycles. The molecule has 2 aliphatic rings. The molecule has 2 unspecified atom stereocenters. The number of halogens is 2. The standard InChI is InChI=1S/C16H21ClFNO/c1-19-10-16(7-8-20-15(16)11-5-6-11)9-12-3-2-4-13(18)14(12)17/h2-4,11,15,19H,5-10H2,1H3. The molecule has 3 rings (SSSR count). The Kier molecular flexibility index (Phi) is 4.02. The van der Waals surface area contributed by atoms with Crippen molar-refractivity contribution in [1.82, 2.24) is 5.32 Å². The molecule has 1 N–H and O–H groups in total. The van der Waals surface area contributed by atoms with E-state index in [0.29, 0.717) is 5.92 Å². The smallest absolute Gasteiger partial charge is 0.142 e. The minimum Gasteiger partial charge on any atom is -0.377 e. The van der Waals surface area contributed by atoms with Gasteiger partial charge in [-0.3, -0.25) is 0 Å². The van der Waals surface area contributed by atoms with Crippen molar-refractivity contribution in [1.29, 1.82) is 0 Å². The molecule has 0 spiro atoms. The van der Waals surface area contributed by atoms with Crippen molar-refractivity contribution in [2.75, 3.05) is 20.2 Å².